The van der Waals surface area contributed by atoms with E-state index in [1.54, 1.807) is 13.0 Å². The molecule has 0 fully saturated rings. The number of sulfonamides is 1. The Morgan fingerprint density at radius 2 is 1.89 bits per heavy atom. The van der Waals surface area contributed by atoms with Crippen LogP contribution in [0.25, 0.3) is 0 Å². The maximum absolute atomic E-state index is 11.6. The lowest BCUT2D eigenvalue weighted by Crippen LogP contribution is -2.16. The first-order valence-corrected chi connectivity index (χ1v) is 8.30. The van der Waals surface area contributed by atoms with E-state index in [0.29, 0.717) is 16.8 Å². The molecule has 1 aromatic carbocycles. The van der Waals surface area contributed by atoms with Gasteiger partial charge in [-0.05, 0) is 36.5 Å². The van der Waals surface area contributed by atoms with Gasteiger partial charge in [0.25, 0.3) is 0 Å². The number of rotatable bonds is 4. The summed E-state index contributed by atoms with van der Waals surface area (Å²) < 4.78 is 29.5. The van der Waals surface area contributed by atoms with E-state index >= 15 is 0 Å². The van der Waals surface area contributed by atoms with Crippen molar-refractivity contribution in [1.82, 2.24) is 0 Å². The van der Waals surface area contributed by atoms with Gasteiger partial charge in [-0.2, -0.15) is 0 Å². The molecule has 108 valence electrons. The van der Waals surface area contributed by atoms with Gasteiger partial charge in [-0.1, -0.05) is 36.7 Å². The highest BCUT2D eigenvalue weighted by Crippen LogP contribution is 2.31. The van der Waals surface area contributed by atoms with Crippen LogP contribution in [-0.2, 0) is 10.0 Å². The van der Waals surface area contributed by atoms with Crippen molar-refractivity contribution in [3.8, 4) is 5.75 Å². The number of primary sulfonamides is 1. The van der Waals surface area contributed by atoms with E-state index in [1.807, 2.05) is 0 Å². The zero-order valence-electron chi connectivity index (χ0n) is 11.7. The van der Waals surface area contributed by atoms with E-state index in [9.17, 15) is 8.42 Å². The van der Waals surface area contributed by atoms with E-state index in [2.05, 4.69) is 36.7 Å². The maximum Gasteiger partial charge on any atom is 0.241 e. The highest BCUT2D eigenvalue weighted by molar-refractivity contribution is 9.10. The molecule has 1 aromatic rings. The van der Waals surface area contributed by atoms with Gasteiger partial charge in [0, 0.05) is 4.47 Å². The molecule has 0 aliphatic carbocycles. The van der Waals surface area contributed by atoms with Crippen LogP contribution in [0.5, 0.6) is 5.75 Å². The second-order valence-corrected chi connectivity index (χ2v) is 8.20. The smallest absolute Gasteiger partial charge is 0.241 e. The summed E-state index contributed by atoms with van der Waals surface area (Å²) in [6.45, 7) is 8.56. The second-order valence-electron chi connectivity index (χ2n) is 5.75. The van der Waals surface area contributed by atoms with E-state index in [1.165, 1.54) is 6.07 Å². The molecule has 0 heterocycles. The number of benzene rings is 1. The number of ether oxygens (including phenoxy) is 1. The molecule has 0 atom stereocenters. The predicted molar refractivity (Wildman–Crippen MR) is 79.8 cm³/mol. The van der Waals surface area contributed by atoms with Gasteiger partial charge in [0.15, 0.2) is 0 Å². The number of aryl methyl sites for hydroxylation is 1. The van der Waals surface area contributed by atoms with Crippen LogP contribution in [0.15, 0.2) is 21.5 Å². The third kappa shape index (κ3) is 5.12. The van der Waals surface area contributed by atoms with Gasteiger partial charge in [0.1, 0.15) is 10.6 Å². The predicted octanol–water partition coefficient (Wildman–Crippen LogP) is 3.22. The minimum Gasteiger partial charge on any atom is -0.492 e. The molecule has 0 amide bonds. The van der Waals surface area contributed by atoms with Gasteiger partial charge in [-0.25, -0.2) is 13.6 Å². The van der Waals surface area contributed by atoms with Crippen LogP contribution < -0.4 is 9.88 Å². The Kier molecular flexibility index (Phi) is 5.03. The lowest BCUT2D eigenvalue weighted by Gasteiger charge is -2.20. The molecule has 0 aromatic heterocycles. The van der Waals surface area contributed by atoms with Gasteiger partial charge in [0.05, 0.1) is 6.61 Å². The lowest BCUT2D eigenvalue weighted by atomic mass is 9.93. The minimum atomic E-state index is -3.80. The molecule has 0 radical (unpaired) electrons. The number of hydrogen-bond acceptors (Lipinski definition) is 3. The first-order chi connectivity index (χ1) is 8.50. The van der Waals surface area contributed by atoms with Gasteiger partial charge in [-0.15, -0.1) is 0 Å². The third-order valence-corrected chi connectivity index (χ3v) is 3.98. The zero-order chi connectivity index (χ0) is 14.8. The normalized spacial score (nSPS) is 12.5. The maximum atomic E-state index is 11.6. The van der Waals surface area contributed by atoms with E-state index < -0.39 is 10.0 Å². The van der Waals surface area contributed by atoms with Crippen LogP contribution in [0.2, 0.25) is 0 Å². The first-order valence-electron chi connectivity index (χ1n) is 5.96. The van der Waals surface area contributed by atoms with E-state index in [4.69, 9.17) is 9.88 Å². The average Bonchev–Trinajstić information content (AvgIpc) is 2.17. The molecule has 0 aliphatic rings. The van der Waals surface area contributed by atoms with Crippen LogP contribution in [0.4, 0.5) is 0 Å². The van der Waals surface area contributed by atoms with Crippen molar-refractivity contribution in [2.24, 2.45) is 10.6 Å². The Balaban J connectivity index is 3.06. The molecular weight excluding hydrogens is 330 g/mol. The largest absolute Gasteiger partial charge is 0.492 e. The number of halogens is 1. The van der Waals surface area contributed by atoms with Crippen molar-refractivity contribution in [3.63, 3.8) is 0 Å². The summed E-state index contributed by atoms with van der Waals surface area (Å²) >= 11 is 3.26. The number of hydrogen-bond donors (Lipinski definition) is 1. The molecule has 0 saturated heterocycles. The van der Waals surface area contributed by atoms with Crippen molar-refractivity contribution in [2.75, 3.05) is 6.61 Å². The Morgan fingerprint density at radius 1 is 1.32 bits per heavy atom. The van der Waals surface area contributed by atoms with E-state index in [-0.39, 0.29) is 10.3 Å². The molecule has 0 bridgehead atoms. The summed E-state index contributed by atoms with van der Waals surface area (Å²) in [4.78, 5) is 0.0216. The van der Waals surface area contributed by atoms with Crippen molar-refractivity contribution in [1.29, 1.82) is 0 Å². The topological polar surface area (TPSA) is 69.4 Å². The third-order valence-electron chi connectivity index (χ3n) is 2.61. The summed E-state index contributed by atoms with van der Waals surface area (Å²) in [5, 5.41) is 5.22. The van der Waals surface area contributed by atoms with Crippen LogP contribution in [-0.4, -0.2) is 15.0 Å². The lowest BCUT2D eigenvalue weighted by molar-refractivity contribution is 0.237. The highest BCUT2D eigenvalue weighted by atomic mass is 79.9. The summed E-state index contributed by atoms with van der Waals surface area (Å²) in [6.07, 6.45) is 0.826. The van der Waals surface area contributed by atoms with Crippen molar-refractivity contribution in [2.45, 2.75) is 39.0 Å². The Morgan fingerprint density at radius 3 is 2.37 bits per heavy atom. The molecule has 0 unspecified atom stereocenters. The molecule has 0 aliphatic heterocycles. The highest BCUT2D eigenvalue weighted by Gasteiger charge is 2.19. The van der Waals surface area contributed by atoms with Crippen molar-refractivity contribution in [3.05, 3.63) is 22.2 Å². The minimum absolute atomic E-state index is 0.0216. The quantitative estimate of drug-likeness (QED) is 0.906. The van der Waals surface area contributed by atoms with Gasteiger partial charge in [-0.3, -0.25) is 0 Å². The summed E-state index contributed by atoms with van der Waals surface area (Å²) in [5.41, 5.74) is 0.873. The fourth-order valence-corrected chi connectivity index (χ4v) is 3.05. The molecule has 2 N–H and O–H groups in total. The Labute approximate surface area is 123 Å². The second kappa shape index (κ2) is 5.81. The molecule has 6 heteroatoms. The van der Waals surface area contributed by atoms with Crippen LogP contribution >= 0.6 is 15.9 Å². The van der Waals surface area contributed by atoms with Crippen LogP contribution in [0.3, 0.4) is 0 Å². The molecule has 0 saturated carbocycles. The monoisotopic (exact) mass is 349 g/mol. The Hall–Kier alpha value is -0.590. The summed E-state index contributed by atoms with van der Waals surface area (Å²) in [6, 6.07) is 3.27. The fraction of sp³-hybridized carbons (Fsp3) is 0.538. The SMILES string of the molecule is Cc1cc(Br)cc(S(N)(=O)=O)c1OCCC(C)(C)C. The number of nitrogens with two attached hydrogens (primary N) is 1. The molecule has 19 heavy (non-hydrogen) atoms. The molecular formula is C13H20BrNO3S. The van der Waals surface area contributed by atoms with Crippen LogP contribution in [0, 0.1) is 12.3 Å². The van der Waals surface area contributed by atoms with Gasteiger partial charge >= 0.3 is 0 Å². The summed E-state index contributed by atoms with van der Waals surface area (Å²) in [5.74, 6) is 0.343. The zero-order valence-corrected chi connectivity index (χ0v) is 14.1. The molecule has 4 nitrogen and oxygen atoms in total. The van der Waals surface area contributed by atoms with E-state index in [0.717, 1.165) is 12.0 Å². The molecule has 0 spiro atoms. The van der Waals surface area contributed by atoms with Gasteiger partial charge in [0.2, 0.25) is 10.0 Å². The first kappa shape index (κ1) is 16.5. The van der Waals surface area contributed by atoms with Crippen LogP contribution in [0.1, 0.15) is 32.8 Å². The fourth-order valence-electron chi connectivity index (χ4n) is 1.55. The average molecular weight is 350 g/mol. The molecule has 1 rings (SSSR count). The van der Waals surface area contributed by atoms with Crippen molar-refractivity contribution < 1.29 is 13.2 Å². The van der Waals surface area contributed by atoms with Crippen molar-refractivity contribution >= 4 is 26.0 Å². The van der Waals surface area contributed by atoms with Gasteiger partial charge < -0.3 is 4.74 Å². The Bertz CT molecular complexity index is 562. The standard InChI is InChI=1S/C13H20BrNO3S/c1-9-7-10(14)8-11(19(15,16)17)12(9)18-6-5-13(2,3)4/h7-8H,5-6H2,1-4H3,(H2,15,16,17). The summed E-state index contributed by atoms with van der Waals surface area (Å²) in [7, 11) is -3.80.